The van der Waals surface area contributed by atoms with E-state index >= 15 is 0 Å². The van der Waals surface area contributed by atoms with Crippen LogP contribution in [0.25, 0.3) is 0 Å². The minimum atomic E-state index is -1.03. The largest absolute Gasteiger partial charge is 0.465 e. The molecule has 1 aromatic rings. The molecule has 1 N–H and O–H groups in total. The molecule has 26 heavy (non-hydrogen) atoms. The van der Waals surface area contributed by atoms with Crippen molar-refractivity contribution in [3.63, 3.8) is 0 Å². The number of carbonyl (C=O) groups excluding carboxylic acids is 1. The molecule has 7 nitrogen and oxygen atoms in total. The van der Waals surface area contributed by atoms with Gasteiger partial charge in [0.2, 0.25) is 0 Å². The van der Waals surface area contributed by atoms with E-state index in [1.54, 1.807) is 21.9 Å². The van der Waals surface area contributed by atoms with Crippen LogP contribution in [-0.2, 0) is 4.74 Å². The van der Waals surface area contributed by atoms with E-state index in [0.717, 1.165) is 5.56 Å². The van der Waals surface area contributed by atoms with Crippen LogP contribution in [0, 0.1) is 0 Å². The van der Waals surface area contributed by atoms with Gasteiger partial charge in [-0.1, -0.05) is 29.3 Å². The zero-order chi connectivity index (χ0) is 18.8. The van der Waals surface area contributed by atoms with Crippen LogP contribution in [0.2, 0.25) is 10.0 Å². The van der Waals surface area contributed by atoms with Gasteiger partial charge in [-0.15, -0.1) is 0 Å². The van der Waals surface area contributed by atoms with E-state index in [4.69, 9.17) is 27.9 Å². The Balaban J connectivity index is 1.84. The van der Waals surface area contributed by atoms with Crippen LogP contribution in [0.1, 0.15) is 11.5 Å². The minimum absolute atomic E-state index is 0.0837. The summed E-state index contributed by atoms with van der Waals surface area (Å²) >= 11 is 12.1. The second-order valence-electron chi connectivity index (χ2n) is 6.53. The number of carboxylic acid groups (broad SMARTS) is 1. The summed E-state index contributed by atoms with van der Waals surface area (Å²) in [5.74, 6) is -0.171. The lowest BCUT2D eigenvalue weighted by atomic mass is 9.93. The van der Waals surface area contributed by atoms with Crippen molar-refractivity contribution in [3.05, 3.63) is 33.8 Å². The average molecular weight is 402 g/mol. The number of ether oxygens (including phenoxy) is 1. The lowest BCUT2D eigenvalue weighted by Gasteiger charge is -2.31. The molecular formula is C17H21Cl2N3O4. The van der Waals surface area contributed by atoms with E-state index in [0.29, 0.717) is 49.4 Å². The minimum Gasteiger partial charge on any atom is -0.465 e. The molecule has 0 unspecified atom stereocenters. The predicted molar refractivity (Wildman–Crippen MR) is 98.1 cm³/mol. The Bertz CT molecular complexity index is 697. The van der Waals surface area contributed by atoms with E-state index < -0.39 is 6.09 Å². The third-order valence-electron chi connectivity index (χ3n) is 5.01. The lowest BCUT2D eigenvalue weighted by Crippen LogP contribution is -2.48. The van der Waals surface area contributed by atoms with Crippen molar-refractivity contribution in [3.8, 4) is 0 Å². The maximum Gasteiger partial charge on any atom is 0.407 e. The molecule has 1 aromatic carbocycles. The van der Waals surface area contributed by atoms with Crippen molar-refractivity contribution >= 4 is 35.3 Å². The molecular weight excluding hydrogens is 381 g/mol. The fraction of sp³-hybridized carbons (Fsp3) is 0.529. The van der Waals surface area contributed by atoms with Crippen molar-refractivity contribution in [1.82, 2.24) is 14.7 Å². The molecule has 2 aliphatic rings. The highest BCUT2D eigenvalue weighted by atomic mass is 35.5. The first-order chi connectivity index (χ1) is 12.4. The molecule has 0 bridgehead atoms. The SMILES string of the molecule is CN(C(=O)O)[C@H]1CN(C(=O)N2CCOCC2)C[C@@H]1c1ccc(Cl)c(Cl)c1. The number of urea groups is 1. The Morgan fingerprint density at radius 3 is 2.46 bits per heavy atom. The zero-order valence-electron chi connectivity index (χ0n) is 14.4. The molecule has 3 amide bonds. The Hall–Kier alpha value is -1.70. The molecule has 0 spiro atoms. The summed E-state index contributed by atoms with van der Waals surface area (Å²) < 4.78 is 5.29. The molecule has 0 saturated carbocycles. The number of likely N-dealkylation sites (N-methyl/N-ethyl adjacent to an activating group) is 1. The van der Waals surface area contributed by atoms with E-state index in [1.165, 1.54) is 11.9 Å². The molecule has 0 aliphatic carbocycles. The number of rotatable bonds is 2. The van der Waals surface area contributed by atoms with E-state index in [-0.39, 0.29) is 18.0 Å². The van der Waals surface area contributed by atoms with Crippen molar-refractivity contribution in [2.45, 2.75) is 12.0 Å². The van der Waals surface area contributed by atoms with Crippen LogP contribution in [0.4, 0.5) is 9.59 Å². The molecule has 0 aromatic heterocycles. The number of hydrogen-bond donors (Lipinski definition) is 1. The van der Waals surface area contributed by atoms with Gasteiger partial charge in [-0.3, -0.25) is 0 Å². The second kappa shape index (κ2) is 7.90. The Kier molecular flexibility index (Phi) is 5.79. The molecule has 9 heteroatoms. The van der Waals surface area contributed by atoms with E-state index in [9.17, 15) is 14.7 Å². The normalized spacial score (nSPS) is 23.2. The smallest absolute Gasteiger partial charge is 0.407 e. The van der Waals surface area contributed by atoms with Gasteiger partial charge in [-0.2, -0.15) is 0 Å². The monoisotopic (exact) mass is 401 g/mol. The Morgan fingerprint density at radius 1 is 1.15 bits per heavy atom. The number of halogens is 2. The number of amides is 3. The van der Waals surface area contributed by atoms with E-state index in [2.05, 4.69) is 0 Å². The van der Waals surface area contributed by atoms with Gasteiger partial charge >= 0.3 is 12.1 Å². The zero-order valence-corrected chi connectivity index (χ0v) is 15.9. The number of morpholine rings is 1. The first kappa shape index (κ1) is 19.1. The summed E-state index contributed by atoms with van der Waals surface area (Å²) in [6, 6.07) is 4.85. The predicted octanol–water partition coefficient (Wildman–Crippen LogP) is 2.82. The third kappa shape index (κ3) is 3.84. The summed E-state index contributed by atoms with van der Waals surface area (Å²) in [6.45, 7) is 2.90. The molecule has 2 heterocycles. The summed E-state index contributed by atoms with van der Waals surface area (Å²) in [5.41, 5.74) is 0.870. The standard InChI is InChI=1S/C17H21Cl2N3O4/c1-20(17(24)25)15-10-22(16(23)21-4-6-26-7-5-21)9-12(15)11-2-3-13(18)14(19)8-11/h2-3,8,12,15H,4-7,9-10H2,1H3,(H,24,25)/t12-,15+/m1/s1. The molecule has 0 radical (unpaired) electrons. The number of carbonyl (C=O) groups is 2. The molecule has 2 saturated heterocycles. The second-order valence-corrected chi connectivity index (χ2v) is 7.34. The maximum absolute atomic E-state index is 12.8. The maximum atomic E-state index is 12.8. The fourth-order valence-corrected chi connectivity index (χ4v) is 3.81. The first-order valence-corrected chi connectivity index (χ1v) is 9.16. The number of benzene rings is 1. The highest BCUT2D eigenvalue weighted by molar-refractivity contribution is 6.42. The molecule has 142 valence electrons. The third-order valence-corrected chi connectivity index (χ3v) is 5.75. The van der Waals surface area contributed by atoms with Crippen LogP contribution < -0.4 is 0 Å². The van der Waals surface area contributed by atoms with Crippen LogP contribution in [0.3, 0.4) is 0 Å². The number of nitrogens with zero attached hydrogens (tertiary/aromatic N) is 3. The van der Waals surface area contributed by atoms with Crippen LogP contribution >= 0.6 is 23.2 Å². The summed E-state index contributed by atoms with van der Waals surface area (Å²) in [7, 11) is 1.53. The number of likely N-dealkylation sites (tertiary alicyclic amines) is 1. The van der Waals surface area contributed by atoms with Gasteiger partial charge in [0, 0.05) is 39.1 Å². The van der Waals surface area contributed by atoms with Crippen molar-refractivity contribution in [2.24, 2.45) is 0 Å². The topological polar surface area (TPSA) is 73.3 Å². The molecule has 3 rings (SSSR count). The Labute approximate surface area is 162 Å². The van der Waals surface area contributed by atoms with Crippen LogP contribution in [-0.4, -0.2) is 84.4 Å². The first-order valence-electron chi connectivity index (χ1n) is 8.40. The van der Waals surface area contributed by atoms with Gasteiger partial charge in [0.1, 0.15) is 0 Å². The molecule has 2 aliphatic heterocycles. The molecule has 2 fully saturated rings. The van der Waals surface area contributed by atoms with E-state index in [1.807, 2.05) is 6.07 Å². The highest BCUT2D eigenvalue weighted by Crippen LogP contribution is 2.34. The van der Waals surface area contributed by atoms with Gasteiger partial charge in [0.15, 0.2) is 0 Å². The molecule has 2 atom stereocenters. The average Bonchev–Trinajstić information content (AvgIpc) is 3.08. The van der Waals surface area contributed by atoms with Gasteiger partial charge in [-0.25, -0.2) is 9.59 Å². The van der Waals surface area contributed by atoms with Crippen molar-refractivity contribution < 1.29 is 19.4 Å². The van der Waals surface area contributed by atoms with Gasteiger partial charge in [0.05, 0.1) is 29.3 Å². The highest BCUT2D eigenvalue weighted by Gasteiger charge is 2.41. The van der Waals surface area contributed by atoms with Gasteiger partial charge in [-0.05, 0) is 17.7 Å². The quantitative estimate of drug-likeness (QED) is 0.826. The van der Waals surface area contributed by atoms with Crippen molar-refractivity contribution in [2.75, 3.05) is 46.4 Å². The fourth-order valence-electron chi connectivity index (χ4n) is 3.50. The van der Waals surface area contributed by atoms with Crippen molar-refractivity contribution in [1.29, 1.82) is 0 Å². The Morgan fingerprint density at radius 2 is 1.85 bits per heavy atom. The summed E-state index contributed by atoms with van der Waals surface area (Å²) in [4.78, 5) is 29.1. The summed E-state index contributed by atoms with van der Waals surface area (Å²) in [6.07, 6.45) is -1.03. The van der Waals surface area contributed by atoms with Gasteiger partial charge in [0.25, 0.3) is 0 Å². The van der Waals surface area contributed by atoms with Crippen LogP contribution in [0.15, 0.2) is 18.2 Å². The van der Waals surface area contributed by atoms with Crippen LogP contribution in [0.5, 0.6) is 0 Å². The lowest BCUT2D eigenvalue weighted by molar-refractivity contribution is 0.0446. The number of hydrogen-bond acceptors (Lipinski definition) is 3. The van der Waals surface area contributed by atoms with Gasteiger partial charge < -0.3 is 24.5 Å². The summed E-state index contributed by atoms with van der Waals surface area (Å²) in [5, 5.41) is 10.3.